The molecule has 0 radical (unpaired) electrons. The van der Waals surface area contributed by atoms with E-state index in [1.165, 1.54) is 22.9 Å². The molecule has 32 heavy (non-hydrogen) atoms. The van der Waals surface area contributed by atoms with Gasteiger partial charge in [0.05, 0.1) is 0 Å². The van der Waals surface area contributed by atoms with Crippen molar-refractivity contribution in [2.45, 2.75) is 68.8 Å². The van der Waals surface area contributed by atoms with E-state index in [2.05, 4.69) is 68.6 Å². The van der Waals surface area contributed by atoms with Crippen LogP contribution in [0.5, 0.6) is 5.75 Å². The summed E-state index contributed by atoms with van der Waals surface area (Å²) in [7, 11) is 3.52. The van der Waals surface area contributed by atoms with Crippen molar-refractivity contribution in [1.29, 1.82) is 0 Å². The second kappa shape index (κ2) is 10.3. The first-order valence-corrected chi connectivity index (χ1v) is 13.6. The van der Waals surface area contributed by atoms with Gasteiger partial charge in [-0.15, -0.1) is 0 Å². The average molecular weight is 503 g/mol. The van der Waals surface area contributed by atoms with Gasteiger partial charge in [0.25, 0.3) is 0 Å². The first-order chi connectivity index (χ1) is 15.4. The average Bonchev–Trinajstić information content (AvgIpc) is 2.79. The molecule has 6 atom stereocenters. The normalized spacial score (nSPS) is 29.0. The quantitative estimate of drug-likeness (QED) is 0.556. The van der Waals surface area contributed by atoms with Crippen molar-refractivity contribution < 1.29 is 14.2 Å². The van der Waals surface area contributed by atoms with Crippen LogP contribution in [0.25, 0.3) is 0 Å². The van der Waals surface area contributed by atoms with Gasteiger partial charge < -0.3 is 0 Å². The molecule has 0 bridgehead atoms. The summed E-state index contributed by atoms with van der Waals surface area (Å²) < 4.78 is 19.8. The summed E-state index contributed by atoms with van der Waals surface area (Å²) in [4.78, 5) is 0.195. The van der Waals surface area contributed by atoms with Crippen LogP contribution in [-0.4, -0.2) is 47.0 Å². The zero-order chi connectivity index (χ0) is 22.7. The summed E-state index contributed by atoms with van der Waals surface area (Å²) in [5.41, 5.74) is 1.20. The number of nitrogens with one attached hydrogen (secondary N) is 1. The van der Waals surface area contributed by atoms with Crippen molar-refractivity contribution in [3.63, 3.8) is 0 Å². The maximum absolute atomic E-state index is 6.88. The molecule has 1 saturated heterocycles. The third-order valence-electron chi connectivity index (χ3n) is 7.13. The molecule has 0 unspecified atom stereocenters. The molecular weight excluding hydrogens is 465 g/mol. The first kappa shape index (κ1) is 23.8. The van der Waals surface area contributed by atoms with Gasteiger partial charge in [-0.2, -0.15) is 0 Å². The molecule has 0 amide bonds. The van der Waals surface area contributed by atoms with Crippen molar-refractivity contribution in [3.8, 4) is 5.75 Å². The number of ether oxygens (including phenoxy) is 3. The summed E-state index contributed by atoms with van der Waals surface area (Å²) in [5, 5.41) is 3.92. The van der Waals surface area contributed by atoms with Gasteiger partial charge in [0, 0.05) is 0 Å². The van der Waals surface area contributed by atoms with E-state index in [0.29, 0.717) is 12.0 Å². The molecule has 1 heterocycles. The van der Waals surface area contributed by atoms with Crippen LogP contribution in [0.3, 0.4) is 0 Å². The number of rotatable bonds is 7. The molecule has 4 nitrogen and oxygen atoms in total. The van der Waals surface area contributed by atoms with Crippen LogP contribution in [0.15, 0.2) is 54.6 Å². The van der Waals surface area contributed by atoms with Gasteiger partial charge in [0.15, 0.2) is 0 Å². The van der Waals surface area contributed by atoms with Crippen LogP contribution in [-0.2, 0) is 9.47 Å². The molecule has 2 aliphatic rings. The van der Waals surface area contributed by atoms with Crippen LogP contribution in [0, 0.1) is 11.8 Å². The second-order valence-corrected chi connectivity index (χ2v) is 12.4. The Morgan fingerprint density at radius 3 is 2.41 bits per heavy atom. The zero-order valence-corrected chi connectivity index (χ0v) is 21.6. The number of fused-ring (bicyclic) bond motifs is 1. The number of hydrogen-bond donors (Lipinski definition) is 1. The van der Waals surface area contributed by atoms with E-state index >= 15 is 0 Å². The van der Waals surface area contributed by atoms with Crippen LogP contribution >= 0.6 is 0 Å². The van der Waals surface area contributed by atoms with Gasteiger partial charge >= 0.3 is 200 Å². The SMILES string of the molecule is COc1ccc([C@H](OC)[C@H]([Se]c2ccccc2)[C@H]2NC(C)(C)[C@@H]3CC[C@@H](C)C[C@H]3O2)cc1. The standard InChI is InChI=1S/C27H37NO3Se/c1-18-11-16-22-23(17-18)31-26(28-27(22,2)3)25(32-21-9-7-6-8-10-21)24(30-5)19-12-14-20(29-4)15-13-19/h6-10,12-15,18,22-26,28H,11,16-17H2,1-5H3/t18-,22-,23-,24+,25+,26+/m1/s1. The summed E-state index contributed by atoms with van der Waals surface area (Å²) in [5.74, 6) is 2.14. The van der Waals surface area contributed by atoms with Crippen LogP contribution in [0.1, 0.15) is 51.7 Å². The molecule has 174 valence electrons. The molecule has 4 rings (SSSR count). The maximum atomic E-state index is 6.88. The van der Waals surface area contributed by atoms with Crippen molar-refractivity contribution >= 4 is 19.4 Å². The molecule has 2 aromatic carbocycles. The Hall–Kier alpha value is -1.36. The third-order valence-corrected chi connectivity index (χ3v) is 9.88. The zero-order valence-electron chi connectivity index (χ0n) is 19.9. The van der Waals surface area contributed by atoms with Crippen molar-refractivity contribution in [2.75, 3.05) is 14.2 Å². The van der Waals surface area contributed by atoms with Gasteiger partial charge in [0.2, 0.25) is 0 Å². The summed E-state index contributed by atoms with van der Waals surface area (Å²) in [6.45, 7) is 7.08. The monoisotopic (exact) mass is 503 g/mol. The molecule has 1 aliphatic carbocycles. The van der Waals surface area contributed by atoms with E-state index in [0.717, 1.165) is 18.1 Å². The van der Waals surface area contributed by atoms with Gasteiger partial charge in [-0.05, 0) is 0 Å². The molecule has 2 aromatic rings. The summed E-state index contributed by atoms with van der Waals surface area (Å²) in [6.07, 6.45) is 3.87. The Morgan fingerprint density at radius 1 is 1.03 bits per heavy atom. The number of hydrogen-bond acceptors (Lipinski definition) is 4. The Balaban J connectivity index is 1.66. The fourth-order valence-electron chi connectivity index (χ4n) is 5.35. The van der Waals surface area contributed by atoms with Gasteiger partial charge in [-0.3, -0.25) is 0 Å². The molecule has 5 heteroatoms. The minimum atomic E-state index is -0.0630. The van der Waals surface area contributed by atoms with Crippen LogP contribution < -0.4 is 14.5 Å². The molecule has 1 saturated carbocycles. The summed E-state index contributed by atoms with van der Waals surface area (Å²) >= 11 is 0.169. The Labute approximate surface area is 199 Å². The van der Waals surface area contributed by atoms with Gasteiger partial charge in [-0.25, -0.2) is 0 Å². The predicted octanol–water partition coefficient (Wildman–Crippen LogP) is 4.73. The van der Waals surface area contributed by atoms with E-state index in [-0.39, 0.29) is 37.6 Å². The molecule has 2 fully saturated rings. The van der Waals surface area contributed by atoms with Gasteiger partial charge in [-0.1, -0.05) is 0 Å². The predicted molar refractivity (Wildman–Crippen MR) is 131 cm³/mol. The van der Waals surface area contributed by atoms with Crippen molar-refractivity contribution in [3.05, 3.63) is 60.2 Å². The van der Waals surface area contributed by atoms with E-state index in [1.54, 1.807) is 7.11 Å². The van der Waals surface area contributed by atoms with Crippen molar-refractivity contribution in [1.82, 2.24) is 5.32 Å². The fraction of sp³-hybridized carbons (Fsp3) is 0.556. The van der Waals surface area contributed by atoms with E-state index in [1.807, 2.05) is 19.2 Å². The van der Waals surface area contributed by atoms with Crippen molar-refractivity contribution in [2.24, 2.45) is 11.8 Å². The fourth-order valence-corrected chi connectivity index (χ4v) is 8.03. The Bertz CT molecular complexity index is 857. The van der Waals surface area contributed by atoms with E-state index < -0.39 is 0 Å². The topological polar surface area (TPSA) is 39.7 Å². The number of benzene rings is 2. The Morgan fingerprint density at radius 2 is 1.75 bits per heavy atom. The molecule has 1 N–H and O–H groups in total. The molecule has 0 aromatic heterocycles. The van der Waals surface area contributed by atoms with Crippen LogP contribution in [0.2, 0.25) is 4.82 Å². The number of methoxy groups -OCH3 is 2. The molecule has 1 aliphatic heterocycles. The van der Waals surface area contributed by atoms with Gasteiger partial charge in [0.1, 0.15) is 0 Å². The molecular formula is C27H37NO3Se. The molecule has 0 spiro atoms. The third kappa shape index (κ3) is 5.24. The second-order valence-electron chi connectivity index (χ2n) is 9.81. The van der Waals surface area contributed by atoms with E-state index in [9.17, 15) is 0 Å². The van der Waals surface area contributed by atoms with E-state index in [4.69, 9.17) is 14.2 Å². The Kier molecular flexibility index (Phi) is 7.64. The van der Waals surface area contributed by atoms with Crippen LogP contribution in [0.4, 0.5) is 0 Å². The first-order valence-electron chi connectivity index (χ1n) is 11.7. The minimum absolute atomic E-state index is 0.0386. The summed E-state index contributed by atoms with van der Waals surface area (Å²) in [6, 6.07) is 19.1.